The van der Waals surface area contributed by atoms with Gasteiger partial charge in [0.15, 0.2) is 0 Å². The number of esters is 1. The van der Waals surface area contributed by atoms with Gasteiger partial charge in [0.05, 0.1) is 23.6 Å². The molecule has 0 aliphatic carbocycles. The van der Waals surface area contributed by atoms with Crippen molar-refractivity contribution in [1.82, 2.24) is 14.8 Å². The van der Waals surface area contributed by atoms with Gasteiger partial charge in [0.25, 0.3) is 0 Å². The van der Waals surface area contributed by atoms with E-state index in [2.05, 4.69) is 9.88 Å². The van der Waals surface area contributed by atoms with Crippen LogP contribution in [0.2, 0.25) is 5.02 Å². The second-order valence-electron chi connectivity index (χ2n) is 10.5. The number of carbonyl (C=O) groups excluding carboxylic acids is 2. The van der Waals surface area contributed by atoms with Gasteiger partial charge in [0.2, 0.25) is 5.91 Å². The maximum atomic E-state index is 13.3. The highest BCUT2D eigenvalue weighted by Crippen LogP contribution is 2.38. The molecule has 0 saturated carbocycles. The summed E-state index contributed by atoms with van der Waals surface area (Å²) in [7, 11) is 0. The Labute approximate surface area is 229 Å². The lowest BCUT2D eigenvalue weighted by atomic mass is 9.74. The molecule has 38 heavy (non-hydrogen) atoms. The maximum Gasteiger partial charge on any atom is 0.312 e. The van der Waals surface area contributed by atoms with Crippen molar-refractivity contribution >= 4 is 23.5 Å². The number of piperidine rings is 1. The zero-order chi connectivity index (χ0) is 27.0. The van der Waals surface area contributed by atoms with Gasteiger partial charge < -0.3 is 19.8 Å². The molecule has 8 nitrogen and oxygen atoms in total. The summed E-state index contributed by atoms with van der Waals surface area (Å²) in [5, 5.41) is 21.6. The van der Waals surface area contributed by atoms with Gasteiger partial charge in [-0.2, -0.15) is 0 Å². The Bertz CT molecular complexity index is 1040. The highest BCUT2D eigenvalue weighted by atomic mass is 35.5. The summed E-state index contributed by atoms with van der Waals surface area (Å²) in [6.45, 7) is 2.85. The molecule has 9 heteroatoms. The Morgan fingerprint density at radius 3 is 2.47 bits per heavy atom. The molecular weight excluding hydrogens is 506 g/mol. The molecule has 2 aromatic rings. The zero-order valence-corrected chi connectivity index (χ0v) is 22.6. The van der Waals surface area contributed by atoms with E-state index in [4.69, 9.17) is 16.3 Å². The summed E-state index contributed by atoms with van der Waals surface area (Å²) >= 11 is 5.97. The van der Waals surface area contributed by atoms with Crippen LogP contribution in [0.4, 0.5) is 0 Å². The maximum absolute atomic E-state index is 13.3. The number of aromatic nitrogens is 1. The number of carbonyl (C=O) groups is 2. The van der Waals surface area contributed by atoms with Gasteiger partial charge in [-0.25, -0.2) is 0 Å². The first kappa shape index (κ1) is 28.5. The second-order valence-corrected chi connectivity index (χ2v) is 11.0. The molecule has 2 N–H and O–H groups in total. The number of ether oxygens (including phenoxy) is 1. The van der Waals surface area contributed by atoms with Crippen molar-refractivity contribution in [1.29, 1.82) is 0 Å². The number of likely N-dealkylation sites (tertiary alicyclic amines) is 1. The molecule has 0 radical (unpaired) electrons. The van der Waals surface area contributed by atoms with Crippen LogP contribution in [-0.4, -0.2) is 81.9 Å². The van der Waals surface area contributed by atoms with E-state index in [1.54, 1.807) is 23.2 Å². The number of aliphatic hydroxyl groups excluding tert-OH is 2. The molecule has 2 aliphatic rings. The molecule has 3 heterocycles. The Balaban J connectivity index is 1.40. The number of pyridine rings is 1. The third-order valence-electron chi connectivity index (χ3n) is 7.84. The van der Waals surface area contributed by atoms with E-state index in [1.165, 1.54) is 0 Å². The predicted octanol–water partition coefficient (Wildman–Crippen LogP) is 3.23. The largest absolute Gasteiger partial charge is 0.462 e. The summed E-state index contributed by atoms with van der Waals surface area (Å²) < 4.78 is 5.58. The quantitative estimate of drug-likeness (QED) is 0.571. The Hall–Kier alpha value is -2.52. The van der Waals surface area contributed by atoms with Crippen molar-refractivity contribution in [2.75, 3.05) is 32.8 Å². The van der Waals surface area contributed by atoms with Crippen molar-refractivity contribution in [2.45, 2.75) is 63.7 Å². The van der Waals surface area contributed by atoms with Crippen molar-refractivity contribution in [2.24, 2.45) is 5.41 Å². The number of rotatable bonds is 4. The molecule has 4 rings (SSSR count). The summed E-state index contributed by atoms with van der Waals surface area (Å²) in [6, 6.07) is 13.1. The Morgan fingerprint density at radius 1 is 1.00 bits per heavy atom. The minimum Gasteiger partial charge on any atom is -0.462 e. The normalized spacial score (nSPS) is 23.7. The van der Waals surface area contributed by atoms with Crippen molar-refractivity contribution < 1.29 is 24.5 Å². The monoisotopic (exact) mass is 543 g/mol. The highest BCUT2D eigenvalue weighted by molar-refractivity contribution is 6.30. The standard InChI is InChI=1S/C29H38ClN3O5/c30-23-8-6-22(7-9-23)19-27(36)33-15-4-2-11-29(28(37)38-21-26(35)25(34)10-16-33)12-17-32(18-13-29)20-24-5-1-3-14-31-24/h1,3,5-9,14,25-26,34-35H,2,4,10-13,15-21H2/t25-,26+/m0/s1. The number of benzene rings is 1. The van der Waals surface area contributed by atoms with E-state index >= 15 is 0 Å². The predicted molar refractivity (Wildman–Crippen MR) is 144 cm³/mol. The van der Waals surface area contributed by atoms with Crippen LogP contribution >= 0.6 is 11.6 Å². The lowest BCUT2D eigenvalue weighted by Crippen LogP contribution is -2.46. The fourth-order valence-electron chi connectivity index (χ4n) is 5.34. The molecule has 1 aromatic heterocycles. The molecule has 2 atom stereocenters. The summed E-state index contributed by atoms with van der Waals surface area (Å²) in [4.78, 5) is 34.9. The fourth-order valence-corrected chi connectivity index (χ4v) is 5.46. The SMILES string of the molecule is O=C(Cc1ccc(Cl)cc1)N1CCCCC2(CCN(Cc3ccccn3)CC2)C(=O)OC[C@@H](O)[C@@H](O)CC1. The van der Waals surface area contributed by atoms with Crippen molar-refractivity contribution in [3.8, 4) is 0 Å². The van der Waals surface area contributed by atoms with Crippen LogP contribution in [-0.2, 0) is 27.3 Å². The van der Waals surface area contributed by atoms with Crippen LogP contribution in [0.3, 0.4) is 0 Å². The number of amides is 1. The lowest BCUT2D eigenvalue weighted by Gasteiger charge is -2.40. The first-order valence-electron chi connectivity index (χ1n) is 13.5. The molecule has 1 amide bonds. The van der Waals surface area contributed by atoms with Crippen molar-refractivity contribution in [3.63, 3.8) is 0 Å². The van der Waals surface area contributed by atoms with Gasteiger partial charge in [-0.1, -0.05) is 36.2 Å². The first-order chi connectivity index (χ1) is 18.3. The van der Waals surface area contributed by atoms with E-state index in [0.29, 0.717) is 37.4 Å². The number of nitrogens with zero attached hydrogens (tertiary/aromatic N) is 3. The molecule has 1 spiro atoms. The smallest absolute Gasteiger partial charge is 0.312 e. The van der Waals surface area contributed by atoms with E-state index < -0.39 is 17.6 Å². The van der Waals surface area contributed by atoms with Crippen LogP contribution in [0, 0.1) is 5.41 Å². The van der Waals surface area contributed by atoms with Crippen molar-refractivity contribution in [3.05, 3.63) is 64.9 Å². The van der Waals surface area contributed by atoms with Gasteiger partial charge in [0.1, 0.15) is 12.7 Å². The molecule has 0 bridgehead atoms. The Morgan fingerprint density at radius 2 is 1.76 bits per heavy atom. The first-order valence-corrected chi connectivity index (χ1v) is 13.9. The van der Waals surface area contributed by atoms with Crippen LogP contribution in [0.15, 0.2) is 48.7 Å². The molecule has 1 aromatic carbocycles. The number of hydrogen-bond acceptors (Lipinski definition) is 7. The van der Waals surface area contributed by atoms with E-state index in [-0.39, 0.29) is 31.3 Å². The minimum atomic E-state index is -1.20. The van der Waals surface area contributed by atoms with Gasteiger partial charge in [-0.05, 0) is 75.0 Å². The number of halogens is 1. The molecule has 0 unspecified atom stereocenters. The Kier molecular flexibility index (Phi) is 10.1. The fraction of sp³-hybridized carbons (Fsp3) is 0.552. The summed E-state index contributed by atoms with van der Waals surface area (Å²) in [6.07, 6.45) is 3.47. The molecule has 2 saturated heterocycles. The molecular formula is C29H38ClN3O5. The van der Waals surface area contributed by atoms with E-state index in [1.807, 2.05) is 30.3 Å². The topological polar surface area (TPSA) is 103 Å². The number of hydrogen-bond donors (Lipinski definition) is 2. The lowest BCUT2D eigenvalue weighted by molar-refractivity contribution is -0.165. The number of aliphatic hydroxyl groups is 2. The number of cyclic esters (lactones) is 1. The van der Waals surface area contributed by atoms with Gasteiger partial charge in [-0.3, -0.25) is 19.5 Å². The summed E-state index contributed by atoms with van der Waals surface area (Å²) in [5.74, 6) is -0.329. The van der Waals surface area contributed by atoms with Crippen LogP contribution in [0.1, 0.15) is 49.8 Å². The van der Waals surface area contributed by atoms with Crippen LogP contribution in [0.25, 0.3) is 0 Å². The molecule has 2 aliphatic heterocycles. The van der Waals surface area contributed by atoms with Gasteiger partial charge in [0, 0.05) is 30.9 Å². The third kappa shape index (κ3) is 7.76. The van der Waals surface area contributed by atoms with E-state index in [0.717, 1.165) is 43.7 Å². The summed E-state index contributed by atoms with van der Waals surface area (Å²) in [5.41, 5.74) is 1.25. The third-order valence-corrected chi connectivity index (χ3v) is 8.09. The second kappa shape index (κ2) is 13.5. The molecule has 206 valence electrons. The van der Waals surface area contributed by atoms with Crippen LogP contribution < -0.4 is 0 Å². The molecule has 2 fully saturated rings. The average Bonchev–Trinajstić information content (AvgIpc) is 2.94. The van der Waals surface area contributed by atoms with Gasteiger partial charge >= 0.3 is 5.97 Å². The average molecular weight is 544 g/mol. The minimum absolute atomic E-state index is 0.0336. The van der Waals surface area contributed by atoms with Gasteiger partial charge in [-0.15, -0.1) is 0 Å². The zero-order valence-electron chi connectivity index (χ0n) is 21.8. The van der Waals surface area contributed by atoms with Crippen LogP contribution in [0.5, 0.6) is 0 Å². The highest BCUT2D eigenvalue weighted by Gasteiger charge is 2.42. The van der Waals surface area contributed by atoms with E-state index in [9.17, 15) is 19.8 Å².